The van der Waals surface area contributed by atoms with Gasteiger partial charge in [-0.2, -0.15) is 0 Å². The molecule has 0 saturated carbocycles. The molecule has 114 valence electrons. The van der Waals surface area contributed by atoms with Crippen molar-refractivity contribution < 1.29 is 14.7 Å². The highest BCUT2D eigenvalue weighted by molar-refractivity contribution is 6.42. The molecule has 0 unspecified atom stereocenters. The van der Waals surface area contributed by atoms with Crippen molar-refractivity contribution in [1.82, 2.24) is 5.32 Å². The first-order valence-corrected chi connectivity index (χ1v) is 7.25. The van der Waals surface area contributed by atoms with Gasteiger partial charge in [-0.15, -0.1) is 0 Å². The molecule has 0 fully saturated rings. The van der Waals surface area contributed by atoms with Crippen molar-refractivity contribution >= 4 is 35.1 Å². The van der Waals surface area contributed by atoms with Crippen molar-refractivity contribution in [2.45, 2.75) is 12.5 Å². The number of carboxylic acids is 1. The molecule has 0 saturated heterocycles. The number of carbonyl (C=O) groups is 2. The van der Waals surface area contributed by atoms with Gasteiger partial charge in [0.2, 0.25) is 0 Å². The number of benzene rings is 2. The molecule has 0 radical (unpaired) electrons. The van der Waals surface area contributed by atoms with Gasteiger partial charge in [-0.05, 0) is 23.8 Å². The molecule has 0 aliphatic rings. The Morgan fingerprint density at radius 2 is 1.73 bits per heavy atom. The molecule has 22 heavy (non-hydrogen) atoms. The maximum Gasteiger partial charge on any atom is 0.326 e. The van der Waals surface area contributed by atoms with Crippen LogP contribution in [0.15, 0.2) is 48.5 Å². The van der Waals surface area contributed by atoms with E-state index in [1.807, 2.05) is 18.2 Å². The molecule has 4 nitrogen and oxygen atoms in total. The zero-order valence-electron chi connectivity index (χ0n) is 11.4. The van der Waals surface area contributed by atoms with Gasteiger partial charge in [0.05, 0.1) is 10.0 Å². The number of aliphatic carboxylic acids is 1. The van der Waals surface area contributed by atoms with Crippen LogP contribution in [-0.2, 0) is 11.2 Å². The number of rotatable bonds is 5. The Morgan fingerprint density at radius 1 is 1.05 bits per heavy atom. The molecular weight excluding hydrogens is 325 g/mol. The van der Waals surface area contributed by atoms with Crippen LogP contribution in [0.4, 0.5) is 0 Å². The predicted octanol–water partition coefficient (Wildman–Crippen LogP) is 3.42. The number of carbonyl (C=O) groups excluding carboxylic acids is 1. The molecule has 2 N–H and O–H groups in total. The van der Waals surface area contributed by atoms with Crippen LogP contribution < -0.4 is 5.32 Å². The lowest BCUT2D eigenvalue weighted by Crippen LogP contribution is -2.42. The quantitative estimate of drug-likeness (QED) is 0.878. The van der Waals surface area contributed by atoms with Crippen LogP contribution in [0.1, 0.15) is 15.9 Å². The number of nitrogens with one attached hydrogen (secondary N) is 1. The van der Waals surface area contributed by atoms with Crippen LogP contribution in [0.3, 0.4) is 0 Å². The summed E-state index contributed by atoms with van der Waals surface area (Å²) in [5.41, 5.74) is 1.08. The predicted molar refractivity (Wildman–Crippen MR) is 85.5 cm³/mol. The first kappa shape index (κ1) is 16.3. The van der Waals surface area contributed by atoms with Crippen molar-refractivity contribution in [1.29, 1.82) is 0 Å². The third-order valence-corrected chi connectivity index (χ3v) is 3.81. The summed E-state index contributed by atoms with van der Waals surface area (Å²) in [6, 6.07) is 12.4. The van der Waals surface area contributed by atoms with Gasteiger partial charge in [-0.25, -0.2) is 4.79 Å². The van der Waals surface area contributed by atoms with Crippen molar-refractivity contribution in [3.8, 4) is 0 Å². The van der Waals surface area contributed by atoms with Gasteiger partial charge in [0, 0.05) is 12.0 Å². The second-order valence-electron chi connectivity index (χ2n) is 4.68. The Morgan fingerprint density at radius 3 is 2.32 bits per heavy atom. The van der Waals surface area contributed by atoms with E-state index >= 15 is 0 Å². The van der Waals surface area contributed by atoms with Gasteiger partial charge in [0.25, 0.3) is 5.91 Å². The first-order valence-electron chi connectivity index (χ1n) is 6.50. The molecule has 1 amide bonds. The van der Waals surface area contributed by atoms with Gasteiger partial charge < -0.3 is 10.4 Å². The van der Waals surface area contributed by atoms with Crippen LogP contribution >= 0.6 is 23.2 Å². The van der Waals surface area contributed by atoms with Gasteiger partial charge in [0.15, 0.2) is 0 Å². The minimum absolute atomic E-state index is 0.198. The van der Waals surface area contributed by atoms with Crippen LogP contribution in [0.2, 0.25) is 10.0 Å². The molecule has 2 rings (SSSR count). The van der Waals surface area contributed by atoms with Crippen molar-refractivity contribution in [3.63, 3.8) is 0 Å². The number of halogens is 2. The lowest BCUT2D eigenvalue weighted by Gasteiger charge is -2.15. The number of hydrogen-bond donors (Lipinski definition) is 2. The van der Waals surface area contributed by atoms with Gasteiger partial charge in [-0.3, -0.25) is 4.79 Å². The smallest absolute Gasteiger partial charge is 0.326 e. The Bertz CT molecular complexity index is 689. The minimum Gasteiger partial charge on any atom is -0.480 e. The van der Waals surface area contributed by atoms with Crippen molar-refractivity contribution in [2.24, 2.45) is 0 Å². The maximum atomic E-state index is 12.1. The van der Waals surface area contributed by atoms with Crippen molar-refractivity contribution in [3.05, 3.63) is 69.7 Å². The molecule has 0 aliphatic heterocycles. The Kier molecular flexibility index (Phi) is 5.41. The highest BCUT2D eigenvalue weighted by Gasteiger charge is 2.21. The molecule has 2 aromatic rings. The Balaban J connectivity index is 2.12. The Hall–Kier alpha value is -2.04. The lowest BCUT2D eigenvalue weighted by molar-refractivity contribution is -0.139. The summed E-state index contributed by atoms with van der Waals surface area (Å²) in [5.74, 6) is -1.61. The molecule has 0 aromatic heterocycles. The van der Waals surface area contributed by atoms with E-state index in [0.717, 1.165) is 5.56 Å². The zero-order chi connectivity index (χ0) is 16.1. The highest BCUT2D eigenvalue weighted by atomic mass is 35.5. The van der Waals surface area contributed by atoms with Gasteiger partial charge in [-0.1, -0.05) is 53.5 Å². The summed E-state index contributed by atoms with van der Waals surface area (Å²) in [6.45, 7) is 0. The first-order chi connectivity index (χ1) is 10.5. The maximum absolute atomic E-state index is 12.1. The van der Waals surface area contributed by atoms with Gasteiger partial charge in [0.1, 0.15) is 6.04 Å². The second kappa shape index (κ2) is 7.29. The molecular formula is C16H13Cl2NO3. The summed E-state index contributed by atoms with van der Waals surface area (Å²) >= 11 is 11.6. The summed E-state index contributed by atoms with van der Waals surface area (Å²) in [5, 5.41) is 12.3. The molecule has 1 atom stereocenters. The molecule has 6 heteroatoms. The lowest BCUT2D eigenvalue weighted by atomic mass is 10.1. The number of carboxylic acid groups (broad SMARTS) is 1. The third-order valence-electron chi connectivity index (χ3n) is 3.07. The average molecular weight is 338 g/mol. The highest BCUT2D eigenvalue weighted by Crippen LogP contribution is 2.22. The largest absolute Gasteiger partial charge is 0.480 e. The fraction of sp³-hybridized carbons (Fsp3) is 0.125. The number of hydrogen-bond acceptors (Lipinski definition) is 2. The van der Waals surface area contributed by atoms with E-state index < -0.39 is 17.9 Å². The summed E-state index contributed by atoms with van der Waals surface area (Å²) < 4.78 is 0. The normalized spacial score (nSPS) is 11.7. The molecule has 0 aliphatic carbocycles. The van der Waals surface area contributed by atoms with Crippen LogP contribution in [0, 0.1) is 0 Å². The molecule has 0 spiro atoms. The molecule has 0 heterocycles. The van der Waals surface area contributed by atoms with Crippen molar-refractivity contribution in [2.75, 3.05) is 0 Å². The van der Waals surface area contributed by atoms with E-state index in [1.165, 1.54) is 18.2 Å². The number of amides is 1. The second-order valence-corrected chi connectivity index (χ2v) is 5.50. The van der Waals surface area contributed by atoms with E-state index in [1.54, 1.807) is 12.1 Å². The average Bonchev–Trinajstić information content (AvgIpc) is 2.50. The minimum atomic E-state index is -1.10. The zero-order valence-corrected chi connectivity index (χ0v) is 12.9. The topological polar surface area (TPSA) is 66.4 Å². The van der Waals surface area contributed by atoms with Crippen LogP contribution in [0.5, 0.6) is 0 Å². The van der Waals surface area contributed by atoms with E-state index in [2.05, 4.69) is 5.32 Å². The van der Waals surface area contributed by atoms with E-state index in [4.69, 9.17) is 23.2 Å². The summed E-state index contributed by atoms with van der Waals surface area (Å²) in [7, 11) is 0. The Labute approximate surface area is 137 Å². The van der Waals surface area contributed by atoms with Gasteiger partial charge >= 0.3 is 5.97 Å². The van der Waals surface area contributed by atoms with E-state index in [0.29, 0.717) is 5.02 Å². The molecule has 2 aromatic carbocycles. The van der Waals surface area contributed by atoms with Crippen LogP contribution in [-0.4, -0.2) is 23.0 Å². The third kappa shape index (κ3) is 4.23. The van der Waals surface area contributed by atoms with E-state index in [9.17, 15) is 14.7 Å². The molecule has 0 bridgehead atoms. The standard InChI is InChI=1S/C16H13Cl2NO3/c17-12-7-6-11(9-13(12)18)15(20)19-14(16(21)22)8-10-4-2-1-3-5-10/h1-7,9,14H,8H2,(H,19,20)(H,21,22)/t14-/m1/s1. The monoisotopic (exact) mass is 337 g/mol. The fourth-order valence-electron chi connectivity index (χ4n) is 1.93. The van der Waals surface area contributed by atoms with E-state index in [-0.39, 0.29) is 17.0 Å². The van der Waals surface area contributed by atoms with Crippen LogP contribution in [0.25, 0.3) is 0 Å². The fourth-order valence-corrected chi connectivity index (χ4v) is 2.23. The SMILES string of the molecule is O=C(N[C@H](Cc1ccccc1)C(=O)O)c1ccc(Cl)c(Cl)c1. The summed E-state index contributed by atoms with van der Waals surface area (Å²) in [4.78, 5) is 23.5. The summed E-state index contributed by atoms with van der Waals surface area (Å²) in [6.07, 6.45) is 0.198.